The number of likely N-dealkylation sites (tertiary alicyclic amines) is 1. The molecule has 84 valence electrons. The number of imide groups is 1. The van der Waals surface area contributed by atoms with E-state index in [1.54, 1.807) is 0 Å². The zero-order chi connectivity index (χ0) is 11.1. The van der Waals surface area contributed by atoms with Crippen molar-refractivity contribution in [1.29, 1.82) is 0 Å². The van der Waals surface area contributed by atoms with Crippen molar-refractivity contribution in [3.8, 4) is 0 Å². The van der Waals surface area contributed by atoms with Crippen LogP contribution in [0.3, 0.4) is 0 Å². The third-order valence-electron chi connectivity index (χ3n) is 2.69. The van der Waals surface area contributed by atoms with Crippen LogP contribution >= 0.6 is 0 Å². The molecule has 15 heavy (non-hydrogen) atoms. The molecule has 0 aliphatic carbocycles. The van der Waals surface area contributed by atoms with Crippen molar-refractivity contribution in [2.24, 2.45) is 0 Å². The molecular formula is C12H19NO2. The Hall–Kier alpha value is -1.12. The first kappa shape index (κ1) is 12.0. The summed E-state index contributed by atoms with van der Waals surface area (Å²) in [6.45, 7) is 4.28. The number of allylic oxidation sites excluding steroid dienone is 1. The van der Waals surface area contributed by atoms with E-state index in [-0.39, 0.29) is 11.8 Å². The minimum Gasteiger partial charge on any atom is -0.283 e. The summed E-state index contributed by atoms with van der Waals surface area (Å²) < 4.78 is 0. The number of nitrogens with zero attached hydrogens (tertiary/aromatic N) is 1. The summed E-state index contributed by atoms with van der Waals surface area (Å²) in [5.74, 6) is 0.0113. The lowest BCUT2D eigenvalue weighted by molar-refractivity contribution is -0.138. The van der Waals surface area contributed by atoms with Gasteiger partial charge in [0.2, 0.25) is 11.8 Å². The highest BCUT2D eigenvalue weighted by molar-refractivity contribution is 6.01. The molecule has 1 heterocycles. The smallest absolute Gasteiger partial charge is 0.229 e. The van der Waals surface area contributed by atoms with Crippen LogP contribution in [0.25, 0.3) is 0 Å². The molecule has 0 N–H and O–H groups in total. The predicted octanol–water partition coefficient (Wildman–Crippen LogP) is 2.27. The van der Waals surface area contributed by atoms with E-state index in [1.807, 2.05) is 6.08 Å². The molecule has 0 aromatic rings. The molecule has 0 aromatic carbocycles. The molecule has 1 aliphatic rings. The molecule has 3 nitrogen and oxygen atoms in total. The highest BCUT2D eigenvalue weighted by Gasteiger charge is 2.27. The molecule has 0 radical (unpaired) electrons. The van der Waals surface area contributed by atoms with Gasteiger partial charge < -0.3 is 0 Å². The Morgan fingerprint density at radius 3 is 2.27 bits per heavy atom. The first-order valence-corrected chi connectivity index (χ1v) is 5.70. The van der Waals surface area contributed by atoms with Crippen molar-refractivity contribution in [3.63, 3.8) is 0 Å². The van der Waals surface area contributed by atoms with Gasteiger partial charge in [0, 0.05) is 19.4 Å². The van der Waals surface area contributed by atoms with E-state index < -0.39 is 0 Å². The van der Waals surface area contributed by atoms with Crippen LogP contribution in [0.1, 0.15) is 44.9 Å². The maximum Gasteiger partial charge on any atom is 0.229 e. The molecule has 0 unspecified atom stereocenters. The predicted molar refractivity (Wildman–Crippen MR) is 59.2 cm³/mol. The van der Waals surface area contributed by atoms with Gasteiger partial charge in [-0.05, 0) is 19.3 Å². The number of carbonyl (C=O) groups is 2. The summed E-state index contributed by atoms with van der Waals surface area (Å²) in [7, 11) is 0. The fourth-order valence-electron chi connectivity index (χ4n) is 1.78. The van der Waals surface area contributed by atoms with E-state index in [0.29, 0.717) is 19.4 Å². The molecule has 1 saturated heterocycles. The number of hydrogen-bond donors (Lipinski definition) is 0. The number of rotatable bonds is 7. The standard InChI is InChI=1S/C12H19NO2/c1-2-3-4-5-6-7-10-13-11(14)8-9-12(13)15/h2H,1,3-10H2. The Kier molecular flexibility index (Phi) is 5.08. The van der Waals surface area contributed by atoms with Crippen LogP contribution in [0.15, 0.2) is 12.7 Å². The molecule has 1 aliphatic heterocycles. The third kappa shape index (κ3) is 3.86. The Balaban J connectivity index is 2.06. The topological polar surface area (TPSA) is 37.4 Å². The second kappa shape index (κ2) is 6.38. The van der Waals surface area contributed by atoms with Crippen LogP contribution in [-0.4, -0.2) is 23.3 Å². The van der Waals surface area contributed by atoms with Crippen molar-refractivity contribution in [2.45, 2.75) is 44.9 Å². The molecular weight excluding hydrogens is 190 g/mol. The fourth-order valence-corrected chi connectivity index (χ4v) is 1.78. The lowest BCUT2D eigenvalue weighted by Crippen LogP contribution is -2.29. The van der Waals surface area contributed by atoms with E-state index in [2.05, 4.69) is 6.58 Å². The summed E-state index contributed by atoms with van der Waals surface area (Å²) in [6, 6.07) is 0. The normalized spacial score (nSPS) is 16.1. The summed E-state index contributed by atoms with van der Waals surface area (Å²) in [4.78, 5) is 23.9. The monoisotopic (exact) mass is 209 g/mol. The number of amides is 2. The van der Waals surface area contributed by atoms with E-state index in [0.717, 1.165) is 32.1 Å². The van der Waals surface area contributed by atoms with Crippen LogP contribution in [0.5, 0.6) is 0 Å². The van der Waals surface area contributed by atoms with Crippen LogP contribution < -0.4 is 0 Å². The number of unbranched alkanes of at least 4 members (excludes halogenated alkanes) is 4. The first-order valence-electron chi connectivity index (χ1n) is 5.70. The minimum absolute atomic E-state index is 0.00564. The van der Waals surface area contributed by atoms with Gasteiger partial charge >= 0.3 is 0 Å². The molecule has 3 heteroatoms. The molecule has 0 saturated carbocycles. The van der Waals surface area contributed by atoms with Gasteiger partial charge in [0.1, 0.15) is 0 Å². The third-order valence-corrected chi connectivity index (χ3v) is 2.69. The van der Waals surface area contributed by atoms with E-state index in [1.165, 1.54) is 4.90 Å². The lowest BCUT2D eigenvalue weighted by atomic mass is 10.1. The van der Waals surface area contributed by atoms with Crippen LogP contribution in [0.2, 0.25) is 0 Å². The largest absolute Gasteiger partial charge is 0.283 e. The summed E-state index contributed by atoms with van der Waals surface area (Å²) in [6.07, 6.45) is 8.15. The van der Waals surface area contributed by atoms with E-state index in [4.69, 9.17) is 0 Å². The molecule has 0 spiro atoms. The Morgan fingerprint density at radius 2 is 1.67 bits per heavy atom. The molecule has 1 rings (SSSR count). The Bertz CT molecular complexity index is 232. The zero-order valence-electron chi connectivity index (χ0n) is 9.21. The summed E-state index contributed by atoms with van der Waals surface area (Å²) in [5.41, 5.74) is 0. The van der Waals surface area contributed by atoms with E-state index in [9.17, 15) is 9.59 Å². The quantitative estimate of drug-likeness (QED) is 0.366. The van der Waals surface area contributed by atoms with Gasteiger partial charge in [-0.15, -0.1) is 6.58 Å². The van der Waals surface area contributed by atoms with Crippen LogP contribution in [-0.2, 0) is 9.59 Å². The van der Waals surface area contributed by atoms with Crippen LogP contribution in [0, 0.1) is 0 Å². The van der Waals surface area contributed by atoms with Crippen LogP contribution in [0.4, 0.5) is 0 Å². The molecule has 0 bridgehead atoms. The Morgan fingerprint density at radius 1 is 1.07 bits per heavy atom. The maximum absolute atomic E-state index is 11.2. The molecule has 0 atom stereocenters. The highest BCUT2D eigenvalue weighted by atomic mass is 16.2. The Labute approximate surface area is 91.1 Å². The lowest BCUT2D eigenvalue weighted by Gasteiger charge is -2.12. The molecule has 1 fully saturated rings. The summed E-state index contributed by atoms with van der Waals surface area (Å²) >= 11 is 0. The summed E-state index contributed by atoms with van der Waals surface area (Å²) in [5, 5.41) is 0. The number of carbonyl (C=O) groups excluding carboxylic acids is 2. The second-order valence-corrected chi connectivity index (χ2v) is 3.93. The van der Waals surface area contributed by atoms with Gasteiger partial charge in [0.25, 0.3) is 0 Å². The second-order valence-electron chi connectivity index (χ2n) is 3.93. The SMILES string of the molecule is C=CCCCCCCN1C(=O)CCC1=O. The first-order chi connectivity index (χ1) is 7.25. The van der Waals surface area contributed by atoms with Gasteiger partial charge in [-0.1, -0.05) is 18.9 Å². The average Bonchev–Trinajstić information content (AvgIpc) is 2.54. The average molecular weight is 209 g/mol. The van der Waals surface area contributed by atoms with Gasteiger partial charge in [-0.2, -0.15) is 0 Å². The minimum atomic E-state index is 0.00564. The van der Waals surface area contributed by atoms with Crippen molar-refractivity contribution in [1.82, 2.24) is 4.90 Å². The highest BCUT2D eigenvalue weighted by Crippen LogP contribution is 2.13. The van der Waals surface area contributed by atoms with Crippen molar-refractivity contribution >= 4 is 11.8 Å². The van der Waals surface area contributed by atoms with Gasteiger partial charge in [0.15, 0.2) is 0 Å². The van der Waals surface area contributed by atoms with Gasteiger partial charge in [0.05, 0.1) is 0 Å². The van der Waals surface area contributed by atoms with Crippen molar-refractivity contribution < 1.29 is 9.59 Å². The molecule has 2 amide bonds. The number of hydrogen-bond acceptors (Lipinski definition) is 2. The maximum atomic E-state index is 11.2. The van der Waals surface area contributed by atoms with Gasteiger partial charge in [-0.3, -0.25) is 14.5 Å². The van der Waals surface area contributed by atoms with Crippen molar-refractivity contribution in [3.05, 3.63) is 12.7 Å². The van der Waals surface area contributed by atoms with Gasteiger partial charge in [-0.25, -0.2) is 0 Å². The fraction of sp³-hybridized carbons (Fsp3) is 0.667. The van der Waals surface area contributed by atoms with E-state index >= 15 is 0 Å². The molecule has 0 aromatic heterocycles. The zero-order valence-corrected chi connectivity index (χ0v) is 9.21. The van der Waals surface area contributed by atoms with Crippen molar-refractivity contribution in [2.75, 3.05) is 6.54 Å².